The van der Waals surface area contributed by atoms with E-state index in [1.54, 1.807) is 11.9 Å². The van der Waals surface area contributed by atoms with Crippen molar-refractivity contribution in [3.05, 3.63) is 0 Å². The minimum atomic E-state index is 0.878. The number of unbranched alkanes of at least 4 members (excludes halogenated alkanes) is 2. The van der Waals surface area contributed by atoms with E-state index in [2.05, 4.69) is 24.8 Å². The monoisotopic (exact) mass is 175 g/mol. The predicted molar refractivity (Wildman–Crippen MR) is 54.8 cm³/mol. The van der Waals surface area contributed by atoms with Crippen LogP contribution in [0.5, 0.6) is 0 Å². The molecule has 0 aliphatic carbocycles. The van der Waals surface area contributed by atoms with E-state index in [9.17, 15) is 0 Å². The van der Waals surface area contributed by atoms with E-state index in [0.717, 1.165) is 5.92 Å². The molecule has 0 saturated heterocycles. The molecular formula is C9H21NS. The molecule has 0 radical (unpaired) electrons. The van der Waals surface area contributed by atoms with Crippen molar-refractivity contribution >= 4 is 11.9 Å². The van der Waals surface area contributed by atoms with Crippen LogP contribution >= 0.6 is 11.9 Å². The van der Waals surface area contributed by atoms with Crippen molar-refractivity contribution in [1.82, 2.24) is 4.72 Å². The Labute approximate surface area is 75.5 Å². The Kier molecular flexibility index (Phi) is 8.64. The topological polar surface area (TPSA) is 12.0 Å². The first-order chi connectivity index (χ1) is 5.27. The standard InChI is InChI=1S/C9H21NS/c1-9(2)7-5-4-6-8-10-11-3/h9-10H,4-8H2,1-3H3. The van der Waals surface area contributed by atoms with Gasteiger partial charge >= 0.3 is 0 Å². The lowest BCUT2D eigenvalue weighted by molar-refractivity contribution is 0.527. The molecule has 11 heavy (non-hydrogen) atoms. The maximum atomic E-state index is 3.25. The van der Waals surface area contributed by atoms with Gasteiger partial charge in [-0.15, -0.1) is 0 Å². The van der Waals surface area contributed by atoms with Crippen LogP contribution < -0.4 is 4.72 Å². The summed E-state index contributed by atoms with van der Waals surface area (Å²) in [4.78, 5) is 0. The van der Waals surface area contributed by atoms with Gasteiger partial charge in [-0.25, -0.2) is 0 Å². The Morgan fingerprint density at radius 2 is 1.91 bits per heavy atom. The number of rotatable bonds is 7. The normalized spacial score (nSPS) is 10.9. The first-order valence-corrected chi connectivity index (χ1v) is 5.75. The summed E-state index contributed by atoms with van der Waals surface area (Å²) in [6.45, 7) is 5.75. The van der Waals surface area contributed by atoms with Gasteiger partial charge in [0, 0.05) is 6.54 Å². The number of hydrogen-bond acceptors (Lipinski definition) is 2. The third kappa shape index (κ3) is 10.3. The van der Waals surface area contributed by atoms with Crippen molar-refractivity contribution in [3.63, 3.8) is 0 Å². The quantitative estimate of drug-likeness (QED) is 0.471. The number of nitrogens with one attached hydrogen (secondary N) is 1. The first kappa shape index (κ1) is 11.3. The molecule has 0 amide bonds. The summed E-state index contributed by atoms with van der Waals surface area (Å²) in [5.41, 5.74) is 0. The molecule has 0 unspecified atom stereocenters. The molecule has 1 nitrogen and oxygen atoms in total. The molecule has 0 fully saturated rings. The van der Waals surface area contributed by atoms with Gasteiger partial charge in [0.15, 0.2) is 0 Å². The van der Waals surface area contributed by atoms with Crippen molar-refractivity contribution in [1.29, 1.82) is 0 Å². The Morgan fingerprint density at radius 3 is 2.45 bits per heavy atom. The summed E-state index contributed by atoms with van der Waals surface area (Å²) in [6.07, 6.45) is 7.57. The van der Waals surface area contributed by atoms with Crippen LogP contribution in [0.15, 0.2) is 0 Å². The molecule has 68 valence electrons. The van der Waals surface area contributed by atoms with Gasteiger partial charge in [0.2, 0.25) is 0 Å². The highest BCUT2D eigenvalue weighted by molar-refractivity contribution is 7.96. The molecule has 0 spiro atoms. The van der Waals surface area contributed by atoms with Crippen LogP contribution in [0.25, 0.3) is 0 Å². The second-order valence-corrected chi connectivity index (χ2v) is 4.04. The highest BCUT2D eigenvalue weighted by Crippen LogP contribution is 2.07. The zero-order valence-electron chi connectivity index (χ0n) is 8.02. The molecule has 0 aromatic carbocycles. The summed E-state index contributed by atoms with van der Waals surface area (Å²) in [7, 11) is 0. The van der Waals surface area contributed by atoms with Gasteiger partial charge in [-0.1, -0.05) is 45.1 Å². The minimum absolute atomic E-state index is 0.878. The zero-order chi connectivity index (χ0) is 8.53. The van der Waals surface area contributed by atoms with Crippen LogP contribution in [0, 0.1) is 5.92 Å². The van der Waals surface area contributed by atoms with Crippen molar-refractivity contribution in [3.8, 4) is 0 Å². The molecule has 0 heterocycles. The zero-order valence-corrected chi connectivity index (χ0v) is 8.84. The van der Waals surface area contributed by atoms with Gasteiger partial charge in [0.1, 0.15) is 0 Å². The average molecular weight is 175 g/mol. The van der Waals surface area contributed by atoms with Crippen LogP contribution in [-0.2, 0) is 0 Å². The Hall–Kier alpha value is 0.310. The lowest BCUT2D eigenvalue weighted by atomic mass is 10.1. The third-order valence-electron chi connectivity index (χ3n) is 1.70. The molecule has 0 atom stereocenters. The van der Waals surface area contributed by atoms with Gasteiger partial charge in [-0.2, -0.15) is 0 Å². The lowest BCUT2D eigenvalue weighted by Crippen LogP contribution is -2.03. The van der Waals surface area contributed by atoms with E-state index in [1.165, 1.54) is 32.2 Å². The summed E-state index contributed by atoms with van der Waals surface area (Å²) in [6, 6.07) is 0. The van der Waals surface area contributed by atoms with Crippen molar-refractivity contribution in [2.24, 2.45) is 5.92 Å². The first-order valence-electron chi connectivity index (χ1n) is 4.53. The van der Waals surface area contributed by atoms with Crippen molar-refractivity contribution in [2.75, 3.05) is 12.8 Å². The van der Waals surface area contributed by atoms with E-state index >= 15 is 0 Å². The SMILES string of the molecule is CSNCCCCCC(C)C. The lowest BCUT2D eigenvalue weighted by Gasteiger charge is -2.03. The van der Waals surface area contributed by atoms with Gasteiger partial charge in [-0.05, 0) is 18.6 Å². The second-order valence-electron chi connectivity index (χ2n) is 3.34. The molecule has 2 heteroatoms. The van der Waals surface area contributed by atoms with Crippen molar-refractivity contribution in [2.45, 2.75) is 39.5 Å². The third-order valence-corrected chi connectivity index (χ3v) is 2.20. The molecular weight excluding hydrogens is 154 g/mol. The summed E-state index contributed by atoms with van der Waals surface area (Å²) < 4.78 is 3.25. The van der Waals surface area contributed by atoms with Crippen molar-refractivity contribution < 1.29 is 0 Å². The molecule has 0 aromatic rings. The molecule has 0 aromatic heterocycles. The fourth-order valence-electron chi connectivity index (χ4n) is 1.03. The summed E-state index contributed by atoms with van der Waals surface area (Å²) in [5.74, 6) is 0.878. The predicted octanol–water partition coefficient (Wildman–Crippen LogP) is 3.07. The fourth-order valence-corrected chi connectivity index (χ4v) is 1.38. The van der Waals surface area contributed by atoms with Crippen LogP contribution in [0.4, 0.5) is 0 Å². The molecule has 0 saturated carbocycles. The highest BCUT2D eigenvalue weighted by atomic mass is 32.2. The highest BCUT2D eigenvalue weighted by Gasteiger charge is 1.93. The largest absolute Gasteiger partial charge is 0.264 e. The molecule has 0 rings (SSSR count). The Morgan fingerprint density at radius 1 is 1.18 bits per heavy atom. The van der Waals surface area contributed by atoms with Gasteiger partial charge in [0.05, 0.1) is 0 Å². The molecule has 1 N–H and O–H groups in total. The van der Waals surface area contributed by atoms with E-state index in [4.69, 9.17) is 0 Å². The molecule has 0 bridgehead atoms. The average Bonchev–Trinajstić information content (AvgIpc) is 1.96. The summed E-state index contributed by atoms with van der Waals surface area (Å²) >= 11 is 1.72. The van der Waals surface area contributed by atoms with E-state index < -0.39 is 0 Å². The number of hydrogen-bond donors (Lipinski definition) is 1. The van der Waals surface area contributed by atoms with Crippen LogP contribution in [0.3, 0.4) is 0 Å². The van der Waals surface area contributed by atoms with Gasteiger partial charge < -0.3 is 0 Å². The molecule has 0 aliphatic rings. The van der Waals surface area contributed by atoms with Crippen LogP contribution in [0.1, 0.15) is 39.5 Å². The smallest absolute Gasteiger partial charge is 0.00584 e. The van der Waals surface area contributed by atoms with E-state index in [1.807, 2.05) is 0 Å². The summed E-state index contributed by atoms with van der Waals surface area (Å²) in [5, 5.41) is 0. The van der Waals surface area contributed by atoms with E-state index in [-0.39, 0.29) is 0 Å². The fraction of sp³-hybridized carbons (Fsp3) is 1.00. The molecule has 0 aliphatic heterocycles. The van der Waals surface area contributed by atoms with Gasteiger partial charge in [0.25, 0.3) is 0 Å². The van der Waals surface area contributed by atoms with E-state index in [0.29, 0.717) is 0 Å². The maximum absolute atomic E-state index is 3.25. The Balaban J connectivity index is 2.80. The Bertz CT molecular complexity index is 74.0. The van der Waals surface area contributed by atoms with Crippen LogP contribution in [0.2, 0.25) is 0 Å². The second kappa shape index (κ2) is 8.41. The van der Waals surface area contributed by atoms with Gasteiger partial charge in [-0.3, -0.25) is 4.72 Å². The minimum Gasteiger partial charge on any atom is -0.264 e. The van der Waals surface area contributed by atoms with Crippen LogP contribution in [-0.4, -0.2) is 12.8 Å². The maximum Gasteiger partial charge on any atom is 0.00584 e.